The summed E-state index contributed by atoms with van der Waals surface area (Å²) in [5, 5.41) is 0. The highest BCUT2D eigenvalue weighted by molar-refractivity contribution is 8.29. The highest BCUT2D eigenvalue weighted by atomic mass is 32.8. The molecular formula is C42H55N2O3S2+. The number of unbranched alkanes of at least 4 members (excludes halogenated alkanes) is 3. The first-order valence-electron chi connectivity index (χ1n) is 18.1. The minimum atomic E-state index is -3.13. The van der Waals surface area contributed by atoms with Crippen LogP contribution in [0.5, 0.6) is 0 Å². The number of Topliss-reactive ketones (excluding diaryl/α,β-unsaturated/α-hetero) is 1. The van der Waals surface area contributed by atoms with Crippen LogP contribution in [0, 0.1) is 0 Å². The molecule has 0 spiro atoms. The molecule has 0 aromatic heterocycles. The Hall–Kier alpha value is -3.13. The van der Waals surface area contributed by atoms with Crippen LogP contribution in [-0.2, 0) is 35.6 Å². The summed E-state index contributed by atoms with van der Waals surface area (Å²) >= 11 is 4.73. The van der Waals surface area contributed by atoms with E-state index in [2.05, 4.69) is 117 Å². The zero-order valence-electron chi connectivity index (χ0n) is 30.4. The Labute approximate surface area is 300 Å². The summed E-state index contributed by atoms with van der Waals surface area (Å²) in [5.74, 6) is 0.435. The van der Waals surface area contributed by atoms with Crippen molar-refractivity contribution >= 4 is 42.8 Å². The predicted molar refractivity (Wildman–Crippen MR) is 209 cm³/mol. The Bertz CT molecular complexity index is 1840. The van der Waals surface area contributed by atoms with Gasteiger partial charge in [0, 0.05) is 70.8 Å². The van der Waals surface area contributed by atoms with Crippen LogP contribution >= 0.6 is 0 Å². The quantitative estimate of drug-likeness (QED) is 0.157. The topological polar surface area (TPSA) is 60.6 Å². The fraction of sp³-hybridized carbons (Fsp3) is 0.476. The number of ketones is 1. The molecule has 2 aromatic rings. The number of allylic oxidation sites excluding steroid dienone is 8. The van der Waals surface area contributed by atoms with E-state index in [1.807, 2.05) is 0 Å². The third-order valence-corrected chi connectivity index (χ3v) is 12.1. The first kappa shape index (κ1) is 37.1. The zero-order chi connectivity index (χ0) is 35.4. The Balaban J connectivity index is 1.42. The Morgan fingerprint density at radius 1 is 0.918 bits per heavy atom. The van der Waals surface area contributed by atoms with Crippen molar-refractivity contribution < 1.29 is 18.1 Å². The van der Waals surface area contributed by atoms with Gasteiger partial charge in [0.25, 0.3) is 0 Å². The number of fused-ring (bicyclic) bond motifs is 2. The Kier molecular flexibility index (Phi) is 11.7. The van der Waals surface area contributed by atoms with Gasteiger partial charge in [0.2, 0.25) is 5.69 Å². The summed E-state index contributed by atoms with van der Waals surface area (Å²) in [6, 6.07) is 17.4. The summed E-state index contributed by atoms with van der Waals surface area (Å²) in [4.78, 5) is 13.9. The minimum Gasteiger partial charge on any atom is -0.344 e. The van der Waals surface area contributed by atoms with Crippen molar-refractivity contribution in [1.82, 2.24) is 0 Å². The summed E-state index contributed by atoms with van der Waals surface area (Å²) in [6.07, 6.45) is 17.9. The lowest BCUT2D eigenvalue weighted by Crippen LogP contribution is -2.28. The van der Waals surface area contributed by atoms with Crippen LogP contribution in [0.15, 0.2) is 95.3 Å². The molecule has 0 saturated heterocycles. The summed E-state index contributed by atoms with van der Waals surface area (Å²) < 4.78 is 23.8. The molecule has 49 heavy (non-hydrogen) atoms. The van der Waals surface area contributed by atoms with Crippen molar-refractivity contribution in [3.63, 3.8) is 0 Å². The molecular weight excluding hydrogens is 645 g/mol. The molecule has 0 bridgehead atoms. The van der Waals surface area contributed by atoms with E-state index in [0.29, 0.717) is 12.8 Å². The van der Waals surface area contributed by atoms with E-state index in [4.69, 9.17) is 11.2 Å². The number of nitrogens with zero attached hydrogens (tertiary/aromatic N) is 2. The molecule has 0 amide bonds. The van der Waals surface area contributed by atoms with Crippen LogP contribution in [-0.4, -0.2) is 43.7 Å². The standard InChI is InChI=1S/C42H54N2O3S2/c1-31(45)17-8-7-13-28-43-37-22-11-9-20-35(37)41(3,4)39(43)26-24-33-18-16-19-34(32(33)2)25-27-40-42(5,6)36-21-10-12-23-38(36)44(40)29-14-15-30-49(46,47)48/h9-12,20-27H,7-8,13-19,28-30H2,1-6H3/p+1. The van der Waals surface area contributed by atoms with E-state index in [-0.39, 0.29) is 22.4 Å². The fourth-order valence-electron chi connectivity index (χ4n) is 7.97. The maximum Gasteiger partial charge on any atom is 0.209 e. The van der Waals surface area contributed by atoms with Gasteiger partial charge in [-0.2, -0.15) is 4.58 Å². The van der Waals surface area contributed by atoms with Crippen molar-refractivity contribution in [2.75, 3.05) is 23.7 Å². The lowest BCUT2D eigenvalue weighted by atomic mass is 9.80. The van der Waals surface area contributed by atoms with Crippen LogP contribution in [0.4, 0.5) is 11.4 Å². The highest BCUT2D eigenvalue weighted by Crippen LogP contribution is 2.48. The molecule has 0 saturated carbocycles. The van der Waals surface area contributed by atoms with Gasteiger partial charge in [-0.15, -0.1) is 0 Å². The van der Waals surface area contributed by atoms with E-state index >= 15 is 0 Å². The molecule has 0 radical (unpaired) electrons. The second-order valence-electron chi connectivity index (χ2n) is 15.1. The molecule has 1 atom stereocenters. The summed E-state index contributed by atoms with van der Waals surface area (Å²) in [6.45, 7) is 15.0. The molecule has 1 N–H and O–H groups in total. The molecule has 262 valence electrons. The highest BCUT2D eigenvalue weighted by Gasteiger charge is 2.44. The van der Waals surface area contributed by atoms with E-state index in [9.17, 15) is 13.6 Å². The van der Waals surface area contributed by atoms with Gasteiger partial charge in [0.05, 0.1) is 5.41 Å². The second-order valence-corrected chi connectivity index (χ2v) is 18.2. The predicted octanol–water partition coefficient (Wildman–Crippen LogP) is 9.88. The van der Waals surface area contributed by atoms with Gasteiger partial charge in [0.15, 0.2) is 5.71 Å². The van der Waals surface area contributed by atoms with Gasteiger partial charge in [0.1, 0.15) is 21.1 Å². The molecule has 5 nitrogen and oxygen atoms in total. The normalized spacial score (nSPS) is 21.2. The van der Waals surface area contributed by atoms with Crippen molar-refractivity contribution in [3.8, 4) is 0 Å². The monoisotopic (exact) mass is 699 g/mol. The number of anilines is 1. The number of para-hydroxylation sites is 2. The summed E-state index contributed by atoms with van der Waals surface area (Å²) in [5.41, 5.74) is 11.7. The van der Waals surface area contributed by atoms with Crippen LogP contribution < -0.4 is 4.90 Å². The van der Waals surface area contributed by atoms with E-state index in [1.165, 1.54) is 50.6 Å². The van der Waals surface area contributed by atoms with Crippen molar-refractivity contribution in [3.05, 3.63) is 106 Å². The van der Waals surface area contributed by atoms with Crippen molar-refractivity contribution in [2.45, 2.75) is 110 Å². The minimum absolute atomic E-state index is 0.0930. The van der Waals surface area contributed by atoms with Crippen molar-refractivity contribution in [2.24, 2.45) is 0 Å². The van der Waals surface area contributed by atoms with Crippen molar-refractivity contribution in [1.29, 1.82) is 0 Å². The van der Waals surface area contributed by atoms with Crippen LogP contribution in [0.2, 0.25) is 0 Å². The molecule has 1 aliphatic carbocycles. The lowest BCUT2D eigenvalue weighted by molar-refractivity contribution is -0.438. The molecule has 0 fully saturated rings. The molecule has 3 aliphatic rings. The van der Waals surface area contributed by atoms with Gasteiger partial charge in [-0.25, -0.2) is 4.21 Å². The van der Waals surface area contributed by atoms with Gasteiger partial charge >= 0.3 is 0 Å². The molecule has 5 rings (SSSR count). The second kappa shape index (κ2) is 15.4. The molecule has 1 unspecified atom stereocenters. The number of hydrogen-bond acceptors (Lipinski definition) is 4. The van der Waals surface area contributed by atoms with Crippen LogP contribution in [0.25, 0.3) is 0 Å². The first-order valence-corrected chi connectivity index (χ1v) is 20.7. The van der Waals surface area contributed by atoms with Gasteiger partial charge in [-0.3, -0.25) is 0 Å². The first-order chi connectivity index (χ1) is 23.2. The Morgan fingerprint density at radius 3 is 2.37 bits per heavy atom. The maximum atomic E-state index is 11.7. The summed E-state index contributed by atoms with van der Waals surface area (Å²) in [7, 11) is -3.13. The van der Waals surface area contributed by atoms with Crippen LogP contribution in [0.3, 0.4) is 0 Å². The van der Waals surface area contributed by atoms with Crippen LogP contribution in [0.1, 0.15) is 110 Å². The smallest absolute Gasteiger partial charge is 0.209 e. The number of rotatable bonds is 14. The average Bonchev–Trinajstić information content (AvgIpc) is 3.39. The van der Waals surface area contributed by atoms with Gasteiger partial charge in [-0.1, -0.05) is 62.4 Å². The number of carbonyl (C=O) groups is 1. The molecule has 2 heterocycles. The number of hydrogen-bond donors (Lipinski definition) is 1. The van der Waals surface area contributed by atoms with Gasteiger partial charge < -0.3 is 14.2 Å². The maximum absolute atomic E-state index is 11.7. The van der Waals surface area contributed by atoms with E-state index in [0.717, 1.165) is 58.0 Å². The SMILES string of the molecule is CC(=O)CCCCC[N+]1=C(/C=C/C2=C(C)C(=C/C=C3/N(CCCCS(=O)(O)=S)c4ccccc4C3(C)C)/CCC2)C(C)(C)c2ccccc21. The Morgan fingerprint density at radius 2 is 1.63 bits per heavy atom. The molecule has 2 aliphatic heterocycles. The van der Waals surface area contributed by atoms with Gasteiger partial charge in [-0.05, 0) is 107 Å². The molecule has 2 aromatic carbocycles. The molecule has 7 heteroatoms. The fourth-order valence-corrected chi connectivity index (χ4v) is 8.89. The number of carbonyl (C=O) groups excluding carboxylic acids is 1. The third kappa shape index (κ3) is 8.44. The lowest BCUT2D eigenvalue weighted by Gasteiger charge is -2.27. The largest absolute Gasteiger partial charge is 0.344 e. The third-order valence-electron chi connectivity index (χ3n) is 10.8. The van der Waals surface area contributed by atoms with E-state index < -0.39 is 8.77 Å². The van der Waals surface area contributed by atoms with E-state index in [1.54, 1.807) is 6.92 Å². The number of benzene rings is 2. The zero-order valence-corrected chi connectivity index (χ0v) is 32.0. The average molecular weight is 700 g/mol.